The zero-order chi connectivity index (χ0) is 12.8. The molecule has 1 aromatic rings. The van der Waals surface area contributed by atoms with Gasteiger partial charge in [0.1, 0.15) is 0 Å². The molecule has 17 heavy (non-hydrogen) atoms. The van der Waals surface area contributed by atoms with E-state index in [1.54, 1.807) is 0 Å². The fraction of sp³-hybridized carbons (Fsp3) is 0.250. The van der Waals surface area contributed by atoms with Crippen molar-refractivity contribution in [1.82, 2.24) is 0 Å². The number of nitro groups is 1. The van der Waals surface area contributed by atoms with E-state index in [0.717, 1.165) is 12.1 Å². The Morgan fingerprint density at radius 1 is 1.24 bits per heavy atom. The topological polar surface area (TPSA) is 61.6 Å². The maximum absolute atomic E-state index is 13.1. The molecule has 5 nitrogen and oxygen atoms in total. The number of nitrogens with zero attached hydrogens (tertiary/aromatic N) is 1. The highest BCUT2D eigenvalue weighted by Gasteiger charge is 2.63. The lowest BCUT2D eigenvalue weighted by Crippen LogP contribution is -2.51. The third-order valence-electron chi connectivity index (χ3n) is 1.95. The van der Waals surface area contributed by atoms with Crippen molar-refractivity contribution in [3.63, 3.8) is 0 Å². The van der Waals surface area contributed by atoms with E-state index in [9.17, 15) is 23.3 Å². The van der Waals surface area contributed by atoms with Gasteiger partial charge in [0.05, 0.1) is 11.0 Å². The van der Waals surface area contributed by atoms with Gasteiger partial charge in [-0.25, -0.2) is 0 Å². The Morgan fingerprint density at radius 3 is 2.47 bits per heavy atom. The molecular weight excluding hydrogens is 267 g/mol. The van der Waals surface area contributed by atoms with E-state index in [4.69, 9.17) is 11.6 Å². The van der Waals surface area contributed by atoms with Crippen LogP contribution >= 0.6 is 11.6 Å². The Kier molecular flexibility index (Phi) is 2.35. The number of alkyl halides is 4. The highest BCUT2D eigenvalue weighted by Crippen LogP contribution is 2.48. The molecular formula is C8H3ClF3NO4. The Morgan fingerprint density at radius 2 is 1.88 bits per heavy atom. The summed E-state index contributed by atoms with van der Waals surface area (Å²) in [6, 6.07) is 2.55. The molecule has 0 bridgehead atoms. The molecule has 1 aliphatic rings. The fourth-order valence-corrected chi connectivity index (χ4v) is 1.29. The molecule has 9 heteroatoms. The van der Waals surface area contributed by atoms with Gasteiger partial charge in [-0.3, -0.25) is 10.1 Å². The Bertz CT molecular complexity index is 494. The molecule has 0 N–H and O–H groups in total. The molecule has 1 aromatic carbocycles. The summed E-state index contributed by atoms with van der Waals surface area (Å²) in [7, 11) is 0. The van der Waals surface area contributed by atoms with Gasteiger partial charge in [0.2, 0.25) is 0 Å². The maximum Gasteiger partial charge on any atom is 0.488 e. The quantitative estimate of drug-likeness (QED) is 0.447. The average molecular weight is 270 g/mol. The molecule has 92 valence electrons. The number of halogens is 4. The van der Waals surface area contributed by atoms with Crippen molar-refractivity contribution >= 4 is 17.3 Å². The van der Waals surface area contributed by atoms with Crippen LogP contribution in [0.1, 0.15) is 0 Å². The summed E-state index contributed by atoms with van der Waals surface area (Å²) in [4.78, 5) is 9.58. The van der Waals surface area contributed by atoms with E-state index in [1.807, 2.05) is 0 Å². The monoisotopic (exact) mass is 269 g/mol. The van der Waals surface area contributed by atoms with Crippen molar-refractivity contribution in [2.45, 2.75) is 11.4 Å². The minimum Gasteiger partial charge on any atom is -0.434 e. The highest BCUT2D eigenvalue weighted by molar-refractivity contribution is 6.22. The van der Waals surface area contributed by atoms with Gasteiger partial charge < -0.3 is 9.47 Å². The first-order valence-electron chi connectivity index (χ1n) is 4.15. The molecule has 0 aliphatic carbocycles. The number of non-ortho nitro benzene ring substituents is 1. The van der Waals surface area contributed by atoms with Gasteiger partial charge in [0.25, 0.3) is 5.69 Å². The second-order valence-electron chi connectivity index (χ2n) is 3.13. The Balaban J connectivity index is 2.47. The van der Waals surface area contributed by atoms with Crippen LogP contribution in [0.15, 0.2) is 18.2 Å². The van der Waals surface area contributed by atoms with Crippen LogP contribution in [0.3, 0.4) is 0 Å². The van der Waals surface area contributed by atoms with Gasteiger partial charge in [0.15, 0.2) is 11.5 Å². The van der Waals surface area contributed by atoms with Crippen LogP contribution in [0.2, 0.25) is 0 Å². The first-order valence-corrected chi connectivity index (χ1v) is 4.53. The maximum atomic E-state index is 13.1. The van der Waals surface area contributed by atoms with Crippen LogP contribution < -0.4 is 9.47 Å². The van der Waals surface area contributed by atoms with Crippen molar-refractivity contribution in [2.75, 3.05) is 0 Å². The van der Waals surface area contributed by atoms with Crippen LogP contribution in [0.4, 0.5) is 18.9 Å². The van der Waals surface area contributed by atoms with E-state index >= 15 is 0 Å². The number of hydrogen-bond acceptors (Lipinski definition) is 4. The summed E-state index contributed by atoms with van der Waals surface area (Å²) in [5.41, 5.74) is -0.496. The molecule has 0 radical (unpaired) electrons. The Hall–Kier alpha value is -1.70. The van der Waals surface area contributed by atoms with Crippen LogP contribution in [0.25, 0.3) is 0 Å². The van der Waals surface area contributed by atoms with E-state index in [2.05, 4.69) is 9.47 Å². The van der Waals surface area contributed by atoms with Gasteiger partial charge >= 0.3 is 11.4 Å². The van der Waals surface area contributed by atoms with Crippen LogP contribution in [0.5, 0.6) is 11.5 Å². The van der Waals surface area contributed by atoms with Crippen molar-refractivity contribution < 1.29 is 27.6 Å². The van der Waals surface area contributed by atoms with Crippen molar-refractivity contribution in [3.05, 3.63) is 28.3 Å². The molecule has 1 heterocycles. The lowest BCUT2D eigenvalue weighted by Gasteiger charge is -2.32. The number of ether oxygens (including phenoxy) is 2. The lowest BCUT2D eigenvalue weighted by atomic mass is 10.2. The minimum atomic E-state index is -4.45. The van der Waals surface area contributed by atoms with Crippen LogP contribution in [0, 0.1) is 10.1 Å². The summed E-state index contributed by atoms with van der Waals surface area (Å²) in [6.07, 6.45) is -4.45. The SMILES string of the molecule is O=[N+]([O-])c1ccc2c(c1)OC(F)(F)C(F)(Cl)O2. The smallest absolute Gasteiger partial charge is 0.434 e. The van der Waals surface area contributed by atoms with Crippen molar-refractivity contribution in [3.8, 4) is 11.5 Å². The minimum absolute atomic E-state index is 0.445. The van der Waals surface area contributed by atoms with Crippen molar-refractivity contribution in [2.24, 2.45) is 0 Å². The summed E-state index contributed by atoms with van der Waals surface area (Å²) in [5, 5.41) is 6.55. The zero-order valence-corrected chi connectivity index (χ0v) is 8.58. The van der Waals surface area contributed by atoms with Gasteiger partial charge in [-0.1, -0.05) is 0 Å². The summed E-state index contributed by atoms with van der Waals surface area (Å²) < 4.78 is 47.2. The highest BCUT2D eigenvalue weighted by atomic mass is 35.5. The first kappa shape index (κ1) is 11.8. The zero-order valence-electron chi connectivity index (χ0n) is 7.82. The Labute approximate surface area is 96.8 Å². The third kappa shape index (κ3) is 1.84. The fourth-order valence-electron chi connectivity index (χ4n) is 1.17. The van der Waals surface area contributed by atoms with E-state index < -0.39 is 33.5 Å². The number of fused-ring (bicyclic) bond motifs is 1. The molecule has 1 unspecified atom stereocenters. The van der Waals surface area contributed by atoms with Crippen LogP contribution in [-0.4, -0.2) is 16.3 Å². The van der Waals surface area contributed by atoms with E-state index in [1.165, 1.54) is 0 Å². The second kappa shape index (κ2) is 3.39. The summed E-state index contributed by atoms with van der Waals surface area (Å²) >= 11 is 4.80. The largest absolute Gasteiger partial charge is 0.488 e. The van der Waals surface area contributed by atoms with E-state index in [0.29, 0.717) is 6.07 Å². The summed E-state index contributed by atoms with van der Waals surface area (Å²) in [6.45, 7) is 0. The third-order valence-corrected chi connectivity index (χ3v) is 2.25. The molecule has 0 spiro atoms. The number of nitro benzene ring substituents is 1. The normalized spacial score (nSPS) is 25.4. The molecule has 0 amide bonds. The first-order chi connectivity index (χ1) is 7.73. The second-order valence-corrected chi connectivity index (χ2v) is 3.61. The molecule has 0 saturated carbocycles. The van der Waals surface area contributed by atoms with E-state index in [-0.39, 0.29) is 0 Å². The molecule has 1 aliphatic heterocycles. The molecule has 2 rings (SSSR count). The van der Waals surface area contributed by atoms with Crippen molar-refractivity contribution in [1.29, 1.82) is 0 Å². The number of benzene rings is 1. The molecule has 1 atom stereocenters. The molecule has 0 saturated heterocycles. The van der Waals surface area contributed by atoms with Gasteiger partial charge in [-0.05, 0) is 17.7 Å². The number of hydrogen-bond donors (Lipinski definition) is 0. The van der Waals surface area contributed by atoms with Gasteiger partial charge in [-0.2, -0.15) is 13.2 Å². The van der Waals surface area contributed by atoms with Crippen LogP contribution in [-0.2, 0) is 0 Å². The van der Waals surface area contributed by atoms with Gasteiger partial charge in [0, 0.05) is 6.07 Å². The molecule has 0 fully saturated rings. The standard InChI is InChI=1S/C8H3ClF3NO4/c9-7(10)8(11,12)17-6-3-4(13(14)15)1-2-5(6)16-7/h1-3H. The summed E-state index contributed by atoms with van der Waals surface area (Å²) in [5.74, 6) is -1.10. The number of rotatable bonds is 1. The lowest BCUT2D eigenvalue weighted by molar-refractivity contribution is -0.385. The van der Waals surface area contributed by atoms with Gasteiger partial charge in [-0.15, -0.1) is 0 Å². The average Bonchev–Trinajstić information content (AvgIpc) is 2.17. The predicted molar refractivity (Wildman–Crippen MR) is 49.0 cm³/mol. The molecule has 0 aromatic heterocycles. The predicted octanol–water partition coefficient (Wildman–Crippen LogP) is 2.82.